The molecule has 0 aromatic rings. The smallest absolute Gasteiger partial charge is 0.307 e. The molecule has 2 unspecified atom stereocenters. The normalized spacial score (nSPS) is 15.9. The van der Waals surface area contributed by atoms with Crippen molar-refractivity contribution >= 4 is 5.97 Å². The van der Waals surface area contributed by atoms with E-state index in [-0.39, 0.29) is 18.7 Å². The first-order chi connectivity index (χ1) is 6.41. The largest absolute Gasteiger partial charge is 0.481 e. The Morgan fingerprint density at radius 2 is 1.79 bits per heavy atom. The second-order valence-electron chi connectivity index (χ2n) is 3.92. The molecular weight excluding hydrogens is 182 g/mol. The lowest BCUT2D eigenvalue weighted by atomic mass is 10.0. The first-order valence-corrected chi connectivity index (χ1v) is 5.01. The maximum Gasteiger partial charge on any atom is 0.307 e. The lowest BCUT2D eigenvalue weighted by Crippen LogP contribution is -2.45. The highest BCUT2D eigenvalue weighted by atomic mass is 16.4. The van der Waals surface area contributed by atoms with Crippen LogP contribution in [0.5, 0.6) is 0 Å². The quantitative estimate of drug-likeness (QED) is 0.670. The summed E-state index contributed by atoms with van der Waals surface area (Å²) < 4.78 is 0. The van der Waals surface area contributed by atoms with Gasteiger partial charge < -0.3 is 10.2 Å². The van der Waals surface area contributed by atoms with E-state index in [1.54, 1.807) is 6.92 Å². The van der Waals surface area contributed by atoms with Crippen molar-refractivity contribution in [1.29, 1.82) is 0 Å². The fourth-order valence-corrected chi connectivity index (χ4v) is 1.54. The van der Waals surface area contributed by atoms with Gasteiger partial charge in [-0.05, 0) is 20.8 Å². The Hall–Kier alpha value is -0.610. The molecule has 0 rings (SSSR count). The van der Waals surface area contributed by atoms with Gasteiger partial charge in [0.2, 0.25) is 0 Å². The number of hydrogen-bond donors (Lipinski definition) is 2. The molecule has 0 bridgehead atoms. The number of carbonyl (C=O) groups is 1. The van der Waals surface area contributed by atoms with Crippen LogP contribution in [0.1, 0.15) is 27.7 Å². The molecule has 0 aromatic carbocycles. The highest BCUT2D eigenvalue weighted by Crippen LogP contribution is 2.13. The SMILES string of the molecule is CC(C(=O)O)C(C)N(CCO)C(C)C. The number of carboxylic acid groups (broad SMARTS) is 1. The predicted molar refractivity (Wildman–Crippen MR) is 55.2 cm³/mol. The molecule has 0 saturated heterocycles. The van der Waals surface area contributed by atoms with Crippen molar-refractivity contribution < 1.29 is 15.0 Å². The Morgan fingerprint density at radius 1 is 1.29 bits per heavy atom. The second kappa shape index (κ2) is 5.98. The molecule has 2 atom stereocenters. The van der Waals surface area contributed by atoms with Crippen LogP contribution in [0.4, 0.5) is 0 Å². The molecule has 0 aliphatic rings. The molecule has 0 heterocycles. The highest BCUT2D eigenvalue weighted by molar-refractivity contribution is 5.70. The van der Waals surface area contributed by atoms with E-state index < -0.39 is 11.9 Å². The van der Waals surface area contributed by atoms with Gasteiger partial charge >= 0.3 is 5.97 Å². The minimum absolute atomic E-state index is 0.0559. The molecule has 0 aliphatic heterocycles. The van der Waals surface area contributed by atoms with Gasteiger partial charge in [-0.15, -0.1) is 0 Å². The van der Waals surface area contributed by atoms with Crippen LogP contribution in [-0.4, -0.2) is 46.3 Å². The minimum Gasteiger partial charge on any atom is -0.481 e. The van der Waals surface area contributed by atoms with Crippen molar-refractivity contribution in [2.45, 2.75) is 39.8 Å². The molecule has 0 amide bonds. The summed E-state index contributed by atoms with van der Waals surface area (Å²) in [6, 6.07) is 0.193. The van der Waals surface area contributed by atoms with E-state index >= 15 is 0 Å². The number of nitrogens with zero attached hydrogens (tertiary/aromatic N) is 1. The summed E-state index contributed by atoms with van der Waals surface area (Å²) in [5.74, 6) is -1.20. The van der Waals surface area contributed by atoms with Gasteiger partial charge in [-0.3, -0.25) is 9.69 Å². The maximum atomic E-state index is 10.8. The second-order valence-corrected chi connectivity index (χ2v) is 3.92. The van der Waals surface area contributed by atoms with Crippen LogP contribution >= 0.6 is 0 Å². The molecule has 0 saturated carbocycles. The number of aliphatic hydroxyl groups excluding tert-OH is 1. The zero-order chi connectivity index (χ0) is 11.3. The van der Waals surface area contributed by atoms with Crippen molar-refractivity contribution in [2.24, 2.45) is 5.92 Å². The number of carboxylic acids is 1. The molecule has 0 aliphatic carbocycles. The Labute approximate surface area is 85.5 Å². The van der Waals surface area contributed by atoms with Crippen molar-refractivity contribution in [3.63, 3.8) is 0 Å². The van der Waals surface area contributed by atoms with Gasteiger partial charge in [-0.1, -0.05) is 6.92 Å². The van der Waals surface area contributed by atoms with Crippen LogP contribution in [0.2, 0.25) is 0 Å². The molecule has 2 N–H and O–H groups in total. The molecule has 14 heavy (non-hydrogen) atoms. The third kappa shape index (κ3) is 3.64. The fraction of sp³-hybridized carbons (Fsp3) is 0.900. The van der Waals surface area contributed by atoms with Crippen LogP contribution < -0.4 is 0 Å². The van der Waals surface area contributed by atoms with Crippen LogP contribution in [0.15, 0.2) is 0 Å². The van der Waals surface area contributed by atoms with Gasteiger partial charge in [-0.2, -0.15) is 0 Å². The van der Waals surface area contributed by atoms with Crippen LogP contribution in [-0.2, 0) is 4.79 Å². The summed E-state index contributed by atoms with van der Waals surface area (Å²) in [7, 11) is 0. The monoisotopic (exact) mass is 203 g/mol. The standard InChI is InChI=1S/C10H21NO3/c1-7(2)11(5-6-12)9(4)8(3)10(13)14/h7-9,12H,5-6H2,1-4H3,(H,13,14). The number of hydrogen-bond acceptors (Lipinski definition) is 3. The third-order valence-electron chi connectivity index (χ3n) is 2.66. The topological polar surface area (TPSA) is 60.8 Å². The van der Waals surface area contributed by atoms with E-state index in [2.05, 4.69) is 0 Å². The molecule has 0 radical (unpaired) electrons. The Balaban J connectivity index is 4.41. The minimum atomic E-state index is -0.791. The molecular formula is C10H21NO3. The molecule has 0 aromatic heterocycles. The van der Waals surface area contributed by atoms with Gasteiger partial charge in [-0.25, -0.2) is 0 Å². The van der Waals surface area contributed by atoms with Crippen molar-refractivity contribution in [3.8, 4) is 0 Å². The van der Waals surface area contributed by atoms with E-state index in [4.69, 9.17) is 10.2 Å². The van der Waals surface area contributed by atoms with Gasteiger partial charge in [0.1, 0.15) is 0 Å². The average Bonchev–Trinajstić information content (AvgIpc) is 2.11. The summed E-state index contributed by atoms with van der Waals surface area (Å²) in [5.41, 5.74) is 0. The number of rotatable bonds is 6. The van der Waals surface area contributed by atoms with Gasteiger partial charge in [0.15, 0.2) is 0 Å². The molecule has 4 nitrogen and oxygen atoms in total. The number of aliphatic carboxylic acids is 1. The lowest BCUT2D eigenvalue weighted by Gasteiger charge is -2.34. The van der Waals surface area contributed by atoms with Crippen LogP contribution in [0.3, 0.4) is 0 Å². The summed E-state index contributed by atoms with van der Waals surface area (Å²) in [6.07, 6.45) is 0. The van der Waals surface area contributed by atoms with Crippen molar-refractivity contribution in [1.82, 2.24) is 4.90 Å². The predicted octanol–water partition coefficient (Wildman–Crippen LogP) is 0.798. The zero-order valence-electron chi connectivity index (χ0n) is 9.40. The summed E-state index contributed by atoms with van der Waals surface area (Å²) in [4.78, 5) is 12.8. The van der Waals surface area contributed by atoms with Gasteiger partial charge in [0, 0.05) is 18.6 Å². The van der Waals surface area contributed by atoms with Gasteiger partial charge in [0.25, 0.3) is 0 Å². The Kier molecular flexibility index (Phi) is 5.72. The van der Waals surface area contributed by atoms with E-state index in [0.29, 0.717) is 6.54 Å². The third-order valence-corrected chi connectivity index (χ3v) is 2.66. The highest BCUT2D eigenvalue weighted by Gasteiger charge is 2.26. The Bertz CT molecular complexity index is 182. The molecule has 0 fully saturated rings. The fourth-order valence-electron chi connectivity index (χ4n) is 1.54. The molecule has 0 spiro atoms. The van der Waals surface area contributed by atoms with E-state index in [1.807, 2.05) is 25.7 Å². The van der Waals surface area contributed by atoms with Crippen molar-refractivity contribution in [2.75, 3.05) is 13.2 Å². The molecule has 84 valence electrons. The first kappa shape index (κ1) is 13.4. The Morgan fingerprint density at radius 3 is 2.07 bits per heavy atom. The number of aliphatic hydroxyl groups is 1. The van der Waals surface area contributed by atoms with Gasteiger partial charge in [0.05, 0.1) is 12.5 Å². The van der Waals surface area contributed by atoms with Crippen molar-refractivity contribution in [3.05, 3.63) is 0 Å². The molecule has 4 heteroatoms. The van der Waals surface area contributed by atoms with Crippen LogP contribution in [0.25, 0.3) is 0 Å². The van der Waals surface area contributed by atoms with E-state index in [1.165, 1.54) is 0 Å². The van der Waals surface area contributed by atoms with E-state index in [0.717, 1.165) is 0 Å². The van der Waals surface area contributed by atoms with E-state index in [9.17, 15) is 4.79 Å². The van der Waals surface area contributed by atoms with Crippen LogP contribution in [0, 0.1) is 5.92 Å². The zero-order valence-corrected chi connectivity index (χ0v) is 9.40. The first-order valence-electron chi connectivity index (χ1n) is 5.01. The lowest BCUT2D eigenvalue weighted by molar-refractivity contribution is -0.143. The summed E-state index contributed by atoms with van der Waals surface area (Å²) in [5, 5.41) is 17.7. The summed E-state index contributed by atoms with van der Waals surface area (Å²) >= 11 is 0. The average molecular weight is 203 g/mol. The maximum absolute atomic E-state index is 10.8. The summed E-state index contributed by atoms with van der Waals surface area (Å²) in [6.45, 7) is 8.17.